The Labute approximate surface area is 95.4 Å². The van der Waals surface area contributed by atoms with E-state index in [4.69, 9.17) is 14.4 Å². The first-order valence-corrected chi connectivity index (χ1v) is 6.42. The number of hydrogen-bond acceptors (Lipinski definition) is 4. The Hall–Kier alpha value is -1.11. The van der Waals surface area contributed by atoms with Gasteiger partial charge in [-0.05, 0) is 19.1 Å². The SMILES string of the molecule is CC(CO)Oc1ccccc1.CS(=O)(=O)O. The molecular weight excluding hydrogens is 232 g/mol. The first-order chi connectivity index (χ1) is 7.33. The largest absolute Gasteiger partial charge is 0.488 e. The molecule has 5 nitrogen and oxygen atoms in total. The molecule has 1 rings (SSSR count). The summed E-state index contributed by atoms with van der Waals surface area (Å²) in [5.41, 5.74) is 0. The maximum absolute atomic E-state index is 9.19. The molecule has 0 aliphatic heterocycles. The van der Waals surface area contributed by atoms with E-state index in [1.54, 1.807) is 0 Å². The number of ether oxygens (including phenoxy) is 1. The van der Waals surface area contributed by atoms with Gasteiger partial charge < -0.3 is 9.84 Å². The molecule has 0 saturated heterocycles. The molecule has 0 heterocycles. The van der Waals surface area contributed by atoms with Crippen LogP contribution in [-0.2, 0) is 10.1 Å². The fraction of sp³-hybridized carbons (Fsp3) is 0.400. The highest BCUT2D eigenvalue weighted by molar-refractivity contribution is 7.85. The number of aliphatic hydroxyl groups is 1. The van der Waals surface area contributed by atoms with Crippen LogP contribution in [0, 0.1) is 0 Å². The van der Waals surface area contributed by atoms with Crippen molar-refractivity contribution >= 4 is 10.1 Å². The van der Waals surface area contributed by atoms with Gasteiger partial charge in [-0.3, -0.25) is 4.55 Å². The van der Waals surface area contributed by atoms with E-state index >= 15 is 0 Å². The molecule has 0 fully saturated rings. The van der Waals surface area contributed by atoms with E-state index in [9.17, 15) is 8.42 Å². The van der Waals surface area contributed by atoms with Gasteiger partial charge >= 0.3 is 0 Å². The molecule has 16 heavy (non-hydrogen) atoms. The van der Waals surface area contributed by atoms with E-state index in [-0.39, 0.29) is 12.7 Å². The van der Waals surface area contributed by atoms with Gasteiger partial charge in [-0.1, -0.05) is 18.2 Å². The van der Waals surface area contributed by atoms with Gasteiger partial charge in [0, 0.05) is 0 Å². The first kappa shape index (κ1) is 14.9. The number of rotatable bonds is 3. The Morgan fingerprint density at radius 3 is 2.12 bits per heavy atom. The molecule has 0 aliphatic carbocycles. The second-order valence-electron chi connectivity index (χ2n) is 3.16. The number of hydrogen-bond donors (Lipinski definition) is 2. The summed E-state index contributed by atoms with van der Waals surface area (Å²) in [7, 11) is -3.67. The highest BCUT2D eigenvalue weighted by Gasteiger charge is 1.99. The summed E-state index contributed by atoms with van der Waals surface area (Å²) in [6, 6.07) is 9.47. The summed E-state index contributed by atoms with van der Waals surface area (Å²) in [5, 5.41) is 8.67. The van der Waals surface area contributed by atoms with Crippen LogP contribution in [0.5, 0.6) is 5.75 Å². The fourth-order valence-electron chi connectivity index (χ4n) is 0.769. The van der Waals surface area contributed by atoms with Crippen LogP contribution in [-0.4, -0.2) is 37.0 Å². The summed E-state index contributed by atoms with van der Waals surface area (Å²) in [6.45, 7) is 1.88. The molecule has 2 N–H and O–H groups in total. The maximum atomic E-state index is 9.19. The van der Waals surface area contributed by atoms with E-state index < -0.39 is 10.1 Å². The smallest absolute Gasteiger partial charge is 0.261 e. The summed E-state index contributed by atoms with van der Waals surface area (Å²) in [5.74, 6) is 0.800. The number of para-hydroxylation sites is 1. The zero-order valence-corrected chi connectivity index (χ0v) is 10.0. The van der Waals surface area contributed by atoms with Crippen molar-refractivity contribution in [1.29, 1.82) is 0 Å². The average molecular weight is 248 g/mol. The Morgan fingerprint density at radius 2 is 1.75 bits per heavy atom. The lowest BCUT2D eigenvalue weighted by molar-refractivity contribution is 0.130. The van der Waals surface area contributed by atoms with Gasteiger partial charge in [-0.15, -0.1) is 0 Å². The van der Waals surface area contributed by atoms with Crippen LogP contribution in [0.3, 0.4) is 0 Å². The minimum absolute atomic E-state index is 0.0505. The average Bonchev–Trinajstić information content (AvgIpc) is 2.16. The van der Waals surface area contributed by atoms with Gasteiger partial charge in [0.05, 0.1) is 12.9 Å². The molecule has 1 aromatic carbocycles. The highest BCUT2D eigenvalue weighted by atomic mass is 32.2. The summed E-state index contributed by atoms with van der Waals surface area (Å²) in [6.07, 6.45) is 0.588. The molecule has 92 valence electrons. The Bertz CT molecular complexity index is 365. The van der Waals surface area contributed by atoms with Gasteiger partial charge in [0.15, 0.2) is 0 Å². The molecule has 0 amide bonds. The van der Waals surface area contributed by atoms with Crippen LogP contribution in [0.15, 0.2) is 30.3 Å². The summed E-state index contributed by atoms with van der Waals surface area (Å²) in [4.78, 5) is 0. The predicted octanol–water partition coefficient (Wildman–Crippen LogP) is 0.950. The van der Waals surface area contributed by atoms with Crippen LogP contribution >= 0.6 is 0 Å². The lowest BCUT2D eigenvalue weighted by Crippen LogP contribution is -2.15. The van der Waals surface area contributed by atoms with Gasteiger partial charge in [-0.2, -0.15) is 8.42 Å². The third-order valence-electron chi connectivity index (χ3n) is 1.34. The van der Waals surface area contributed by atoms with E-state index in [1.165, 1.54) is 0 Å². The third-order valence-corrected chi connectivity index (χ3v) is 1.34. The summed E-state index contributed by atoms with van der Waals surface area (Å²) >= 11 is 0. The van der Waals surface area contributed by atoms with Crippen molar-refractivity contribution in [3.8, 4) is 5.75 Å². The quantitative estimate of drug-likeness (QED) is 0.778. The van der Waals surface area contributed by atoms with Crippen LogP contribution in [0.2, 0.25) is 0 Å². The fourth-order valence-corrected chi connectivity index (χ4v) is 0.769. The normalized spacial score (nSPS) is 12.2. The molecule has 0 radical (unpaired) electrons. The van der Waals surface area contributed by atoms with E-state index in [0.29, 0.717) is 6.26 Å². The summed E-state index contributed by atoms with van der Waals surface area (Å²) < 4.78 is 31.2. The van der Waals surface area contributed by atoms with Crippen molar-refractivity contribution in [3.05, 3.63) is 30.3 Å². The Kier molecular flexibility index (Phi) is 6.71. The van der Waals surface area contributed by atoms with Gasteiger partial charge in [0.25, 0.3) is 10.1 Å². The van der Waals surface area contributed by atoms with Crippen LogP contribution in [0.1, 0.15) is 6.92 Å². The van der Waals surface area contributed by atoms with Crippen LogP contribution < -0.4 is 4.74 Å². The van der Waals surface area contributed by atoms with Gasteiger partial charge in [-0.25, -0.2) is 0 Å². The monoisotopic (exact) mass is 248 g/mol. The van der Waals surface area contributed by atoms with E-state index in [1.807, 2.05) is 37.3 Å². The molecule has 0 aromatic heterocycles. The maximum Gasteiger partial charge on any atom is 0.261 e. The first-order valence-electron chi connectivity index (χ1n) is 4.58. The Balaban J connectivity index is 0.000000385. The van der Waals surface area contributed by atoms with E-state index in [2.05, 4.69) is 0 Å². The molecule has 1 atom stereocenters. The molecule has 6 heteroatoms. The molecule has 0 aliphatic rings. The van der Waals surface area contributed by atoms with Gasteiger partial charge in [0.2, 0.25) is 0 Å². The van der Waals surface area contributed by atoms with Crippen LogP contribution in [0.4, 0.5) is 0 Å². The van der Waals surface area contributed by atoms with E-state index in [0.717, 1.165) is 5.75 Å². The third kappa shape index (κ3) is 11.0. The lowest BCUT2D eigenvalue weighted by Gasteiger charge is -2.10. The van der Waals surface area contributed by atoms with Crippen molar-refractivity contribution < 1.29 is 22.8 Å². The van der Waals surface area contributed by atoms with Crippen LogP contribution in [0.25, 0.3) is 0 Å². The van der Waals surface area contributed by atoms with Crippen molar-refractivity contribution in [2.75, 3.05) is 12.9 Å². The molecule has 0 spiro atoms. The molecule has 1 unspecified atom stereocenters. The highest BCUT2D eigenvalue weighted by Crippen LogP contribution is 2.09. The number of benzene rings is 1. The molecule has 0 saturated carbocycles. The molecular formula is C10H16O5S. The second kappa shape index (κ2) is 7.21. The molecule has 1 aromatic rings. The minimum atomic E-state index is -3.67. The second-order valence-corrected chi connectivity index (χ2v) is 4.62. The molecule has 0 bridgehead atoms. The predicted molar refractivity (Wildman–Crippen MR) is 61.1 cm³/mol. The van der Waals surface area contributed by atoms with Crippen molar-refractivity contribution in [3.63, 3.8) is 0 Å². The van der Waals surface area contributed by atoms with Crippen molar-refractivity contribution in [2.24, 2.45) is 0 Å². The van der Waals surface area contributed by atoms with Crippen molar-refractivity contribution in [1.82, 2.24) is 0 Å². The lowest BCUT2D eigenvalue weighted by atomic mass is 10.3. The zero-order valence-electron chi connectivity index (χ0n) is 9.20. The van der Waals surface area contributed by atoms with Gasteiger partial charge in [0.1, 0.15) is 11.9 Å². The van der Waals surface area contributed by atoms with Crippen molar-refractivity contribution in [2.45, 2.75) is 13.0 Å². The zero-order chi connectivity index (χ0) is 12.6. The number of aliphatic hydroxyl groups excluding tert-OH is 1. The Morgan fingerprint density at radius 1 is 1.31 bits per heavy atom. The minimum Gasteiger partial charge on any atom is -0.488 e. The standard InChI is InChI=1S/C9H12O2.CH4O3S/c1-8(7-10)11-9-5-3-2-4-6-9;1-5(2,3)4/h2-6,8,10H,7H2,1H3;1H3,(H,2,3,4). The topological polar surface area (TPSA) is 83.8 Å².